The molecule has 0 saturated heterocycles. The van der Waals surface area contributed by atoms with Crippen LogP contribution < -0.4 is 10.1 Å². The molecule has 0 spiro atoms. The third-order valence-corrected chi connectivity index (χ3v) is 3.16. The van der Waals surface area contributed by atoms with Crippen LogP contribution in [0.5, 0.6) is 17.2 Å². The Morgan fingerprint density at radius 2 is 1.95 bits per heavy atom. The van der Waals surface area contributed by atoms with E-state index < -0.39 is 11.7 Å². The van der Waals surface area contributed by atoms with Crippen molar-refractivity contribution in [1.82, 2.24) is 5.32 Å². The second-order valence-corrected chi connectivity index (χ2v) is 4.67. The summed E-state index contributed by atoms with van der Waals surface area (Å²) in [6, 6.07) is 8.43. The van der Waals surface area contributed by atoms with E-state index in [0.717, 1.165) is 11.6 Å². The summed E-state index contributed by atoms with van der Waals surface area (Å²) in [5.41, 5.74) is 0.681. The molecule has 0 aliphatic heterocycles. The number of hydrogen-bond acceptors (Lipinski definition) is 4. The van der Waals surface area contributed by atoms with Crippen LogP contribution in [0.15, 0.2) is 36.4 Å². The van der Waals surface area contributed by atoms with E-state index in [1.165, 1.54) is 31.4 Å². The third-order valence-electron chi connectivity index (χ3n) is 3.16. The van der Waals surface area contributed by atoms with E-state index in [2.05, 4.69) is 5.32 Å². The van der Waals surface area contributed by atoms with Crippen LogP contribution in [0.4, 0.5) is 4.39 Å². The highest BCUT2D eigenvalue weighted by molar-refractivity contribution is 5.94. The molecule has 0 heterocycles. The molecule has 3 N–H and O–H groups in total. The first kappa shape index (κ1) is 15.6. The van der Waals surface area contributed by atoms with E-state index in [1.807, 2.05) is 0 Å². The van der Waals surface area contributed by atoms with Gasteiger partial charge in [-0.3, -0.25) is 4.79 Å². The van der Waals surface area contributed by atoms with Crippen LogP contribution in [-0.4, -0.2) is 29.8 Å². The fourth-order valence-corrected chi connectivity index (χ4v) is 1.95. The highest BCUT2D eigenvalue weighted by atomic mass is 19.1. The highest BCUT2D eigenvalue weighted by Crippen LogP contribution is 2.24. The van der Waals surface area contributed by atoms with Crippen LogP contribution in [0.2, 0.25) is 0 Å². The number of methoxy groups -OCH3 is 1. The molecule has 0 saturated carbocycles. The third kappa shape index (κ3) is 3.66. The first-order chi connectivity index (χ1) is 10.5. The number of phenolic OH excluding ortho intramolecular Hbond substituents is 2. The van der Waals surface area contributed by atoms with Crippen molar-refractivity contribution in [3.8, 4) is 17.2 Å². The number of ether oxygens (including phenoxy) is 1. The lowest BCUT2D eigenvalue weighted by molar-refractivity contribution is 0.0950. The molecule has 22 heavy (non-hydrogen) atoms. The van der Waals surface area contributed by atoms with Gasteiger partial charge in [-0.1, -0.05) is 6.07 Å². The van der Waals surface area contributed by atoms with Gasteiger partial charge in [-0.15, -0.1) is 0 Å². The van der Waals surface area contributed by atoms with Gasteiger partial charge in [-0.05, 0) is 36.2 Å². The van der Waals surface area contributed by atoms with Crippen LogP contribution in [0.3, 0.4) is 0 Å². The number of benzene rings is 2. The molecule has 0 unspecified atom stereocenters. The summed E-state index contributed by atoms with van der Waals surface area (Å²) in [7, 11) is 1.42. The van der Waals surface area contributed by atoms with Crippen molar-refractivity contribution in [3.05, 3.63) is 53.3 Å². The first-order valence-corrected chi connectivity index (χ1v) is 6.64. The van der Waals surface area contributed by atoms with Crippen LogP contribution >= 0.6 is 0 Å². The minimum absolute atomic E-state index is 0.0608. The van der Waals surface area contributed by atoms with Crippen LogP contribution in [0.1, 0.15) is 15.9 Å². The molecule has 0 bridgehead atoms. The number of carbonyl (C=O) groups is 1. The van der Waals surface area contributed by atoms with E-state index in [4.69, 9.17) is 4.74 Å². The zero-order chi connectivity index (χ0) is 16.1. The minimum atomic E-state index is -0.654. The molecular weight excluding hydrogens is 289 g/mol. The molecule has 2 aromatic carbocycles. The number of phenols is 2. The monoisotopic (exact) mass is 305 g/mol. The van der Waals surface area contributed by atoms with Crippen molar-refractivity contribution >= 4 is 5.91 Å². The van der Waals surface area contributed by atoms with Gasteiger partial charge in [0.2, 0.25) is 0 Å². The Kier molecular flexibility index (Phi) is 4.83. The Labute approximate surface area is 127 Å². The van der Waals surface area contributed by atoms with E-state index in [0.29, 0.717) is 12.2 Å². The fraction of sp³-hybridized carbons (Fsp3) is 0.188. The molecule has 0 atom stereocenters. The SMILES string of the molecule is COc1ccc(C(=O)NCCc2ccc(O)c(O)c2)c(F)c1. The predicted molar refractivity (Wildman–Crippen MR) is 78.8 cm³/mol. The molecule has 116 valence electrons. The van der Waals surface area contributed by atoms with Gasteiger partial charge in [0.05, 0.1) is 12.7 Å². The molecule has 0 aliphatic rings. The van der Waals surface area contributed by atoms with Gasteiger partial charge in [-0.2, -0.15) is 0 Å². The van der Waals surface area contributed by atoms with Gasteiger partial charge >= 0.3 is 0 Å². The number of amides is 1. The van der Waals surface area contributed by atoms with Gasteiger partial charge in [0.15, 0.2) is 11.5 Å². The lowest BCUT2D eigenvalue weighted by Gasteiger charge is -2.08. The summed E-state index contributed by atoms with van der Waals surface area (Å²) >= 11 is 0. The molecule has 2 aromatic rings. The normalized spacial score (nSPS) is 10.3. The quantitative estimate of drug-likeness (QED) is 0.740. The minimum Gasteiger partial charge on any atom is -0.504 e. The van der Waals surface area contributed by atoms with Crippen molar-refractivity contribution < 1.29 is 24.1 Å². The highest BCUT2D eigenvalue weighted by Gasteiger charge is 2.12. The first-order valence-electron chi connectivity index (χ1n) is 6.64. The molecule has 0 radical (unpaired) electrons. The number of nitrogens with one attached hydrogen (secondary N) is 1. The molecule has 0 aromatic heterocycles. The molecular formula is C16H16FNO4. The van der Waals surface area contributed by atoms with E-state index in [9.17, 15) is 19.4 Å². The number of hydrogen-bond donors (Lipinski definition) is 3. The van der Waals surface area contributed by atoms with E-state index in [-0.39, 0.29) is 23.6 Å². The molecule has 5 nitrogen and oxygen atoms in total. The summed E-state index contributed by atoms with van der Waals surface area (Å²) in [5, 5.41) is 21.2. The number of halogens is 1. The Balaban J connectivity index is 1.94. The van der Waals surface area contributed by atoms with Crippen LogP contribution in [0.25, 0.3) is 0 Å². The maximum absolute atomic E-state index is 13.7. The van der Waals surface area contributed by atoms with Crippen LogP contribution in [-0.2, 0) is 6.42 Å². The molecule has 2 rings (SSSR count). The lowest BCUT2D eigenvalue weighted by Crippen LogP contribution is -2.26. The van der Waals surface area contributed by atoms with Crippen molar-refractivity contribution in [1.29, 1.82) is 0 Å². The van der Waals surface area contributed by atoms with Gasteiger partial charge in [0.25, 0.3) is 5.91 Å². The number of carbonyl (C=O) groups excluding carboxylic acids is 1. The Bertz CT molecular complexity index is 688. The van der Waals surface area contributed by atoms with Crippen LogP contribution in [0, 0.1) is 5.82 Å². The maximum atomic E-state index is 13.7. The van der Waals surface area contributed by atoms with Crippen molar-refractivity contribution in [2.45, 2.75) is 6.42 Å². The molecule has 0 fully saturated rings. The Hall–Kier alpha value is -2.76. The molecule has 6 heteroatoms. The Morgan fingerprint density at radius 3 is 2.59 bits per heavy atom. The van der Waals surface area contributed by atoms with E-state index in [1.54, 1.807) is 6.07 Å². The number of aromatic hydroxyl groups is 2. The van der Waals surface area contributed by atoms with Crippen molar-refractivity contribution in [3.63, 3.8) is 0 Å². The van der Waals surface area contributed by atoms with Gasteiger partial charge in [-0.25, -0.2) is 4.39 Å². The van der Waals surface area contributed by atoms with Gasteiger partial charge in [0, 0.05) is 12.6 Å². The second kappa shape index (κ2) is 6.80. The predicted octanol–water partition coefficient (Wildman–Crippen LogP) is 2.22. The summed E-state index contributed by atoms with van der Waals surface area (Å²) in [6.07, 6.45) is 0.442. The summed E-state index contributed by atoms with van der Waals surface area (Å²) in [5.74, 6) is -1.26. The zero-order valence-electron chi connectivity index (χ0n) is 12.0. The summed E-state index contributed by atoms with van der Waals surface area (Å²) < 4.78 is 18.6. The van der Waals surface area contributed by atoms with E-state index >= 15 is 0 Å². The Morgan fingerprint density at radius 1 is 1.18 bits per heavy atom. The van der Waals surface area contributed by atoms with Gasteiger partial charge in [0.1, 0.15) is 11.6 Å². The zero-order valence-corrected chi connectivity index (χ0v) is 12.0. The standard InChI is InChI=1S/C16H16FNO4/c1-22-11-3-4-12(13(17)9-11)16(21)18-7-6-10-2-5-14(19)15(20)8-10/h2-5,8-9,19-20H,6-7H2,1H3,(H,18,21). The molecule has 1 amide bonds. The maximum Gasteiger partial charge on any atom is 0.254 e. The summed E-state index contributed by atoms with van der Waals surface area (Å²) in [6.45, 7) is 0.272. The number of rotatable bonds is 5. The van der Waals surface area contributed by atoms with Crippen molar-refractivity contribution in [2.24, 2.45) is 0 Å². The van der Waals surface area contributed by atoms with Crippen molar-refractivity contribution in [2.75, 3.05) is 13.7 Å². The average molecular weight is 305 g/mol. The summed E-state index contributed by atoms with van der Waals surface area (Å²) in [4.78, 5) is 11.9. The lowest BCUT2D eigenvalue weighted by atomic mass is 10.1. The average Bonchev–Trinajstić information content (AvgIpc) is 2.50. The second-order valence-electron chi connectivity index (χ2n) is 4.67. The largest absolute Gasteiger partial charge is 0.504 e. The molecule has 0 aliphatic carbocycles. The topological polar surface area (TPSA) is 78.8 Å². The smallest absolute Gasteiger partial charge is 0.254 e. The van der Waals surface area contributed by atoms with Gasteiger partial charge < -0.3 is 20.3 Å². The fourth-order valence-electron chi connectivity index (χ4n) is 1.95.